The molecule has 0 unspecified atom stereocenters. The second kappa shape index (κ2) is 12.9. The van der Waals surface area contributed by atoms with Gasteiger partial charge in [0.1, 0.15) is 18.2 Å². The molecule has 42 heavy (non-hydrogen) atoms. The van der Waals surface area contributed by atoms with E-state index in [2.05, 4.69) is 27.5 Å². The van der Waals surface area contributed by atoms with E-state index in [4.69, 9.17) is 39.5 Å². The standard InChI is InChI=1S/C28H23Cl3F3N5O3/c1-13(2)26(40)35-11-14-4-6-17(29)25(24(14)31)38-28-37-20-9-16(22(42-12-23(33)34)10-21(20)39(28)3)27(41)36-15-5-7-19(32)18(30)8-15/h4-10,23H,1,11-12H2,2-3H3,(H,35,40)(H,36,41)(H,37,38). The van der Waals surface area contributed by atoms with Gasteiger partial charge in [-0.05, 0) is 42.8 Å². The molecule has 1 heterocycles. The summed E-state index contributed by atoms with van der Waals surface area (Å²) in [5, 5.41) is 8.60. The molecule has 0 fully saturated rings. The fourth-order valence-corrected chi connectivity index (χ4v) is 4.55. The molecule has 4 rings (SSSR count). The minimum atomic E-state index is -2.80. The summed E-state index contributed by atoms with van der Waals surface area (Å²) in [7, 11) is 1.65. The van der Waals surface area contributed by atoms with Gasteiger partial charge in [0.05, 0.1) is 37.4 Å². The van der Waals surface area contributed by atoms with Crippen LogP contribution in [0.3, 0.4) is 0 Å². The quantitative estimate of drug-likeness (QED) is 0.156. The summed E-state index contributed by atoms with van der Waals surface area (Å²) < 4.78 is 46.4. The lowest BCUT2D eigenvalue weighted by molar-refractivity contribution is -0.117. The third kappa shape index (κ3) is 6.92. The number of carbonyl (C=O) groups is 2. The molecule has 0 bridgehead atoms. The molecule has 4 aromatic rings. The maximum Gasteiger partial charge on any atom is 0.272 e. The molecule has 3 aromatic carbocycles. The van der Waals surface area contributed by atoms with Gasteiger partial charge in [-0.1, -0.05) is 47.4 Å². The second-order valence-electron chi connectivity index (χ2n) is 9.10. The van der Waals surface area contributed by atoms with Gasteiger partial charge in [-0.25, -0.2) is 18.2 Å². The zero-order valence-corrected chi connectivity index (χ0v) is 24.4. The number of carbonyl (C=O) groups excluding carboxylic acids is 2. The summed E-state index contributed by atoms with van der Waals surface area (Å²) in [4.78, 5) is 29.6. The van der Waals surface area contributed by atoms with Gasteiger partial charge >= 0.3 is 0 Å². The predicted molar refractivity (Wildman–Crippen MR) is 158 cm³/mol. The lowest BCUT2D eigenvalue weighted by Gasteiger charge is -2.14. The van der Waals surface area contributed by atoms with Crippen LogP contribution in [0.25, 0.3) is 11.0 Å². The fraction of sp³-hybridized carbons (Fsp3) is 0.179. The smallest absolute Gasteiger partial charge is 0.272 e. The fourth-order valence-electron chi connectivity index (χ4n) is 3.84. The Morgan fingerprint density at radius 1 is 1.10 bits per heavy atom. The summed E-state index contributed by atoms with van der Waals surface area (Å²) in [6, 6.07) is 9.61. The van der Waals surface area contributed by atoms with Crippen molar-refractivity contribution < 1.29 is 27.5 Å². The van der Waals surface area contributed by atoms with E-state index in [0.29, 0.717) is 27.9 Å². The maximum absolute atomic E-state index is 13.6. The van der Waals surface area contributed by atoms with Crippen LogP contribution in [-0.2, 0) is 18.4 Å². The highest BCUT2D eigenvalue weighted by Crippen LogP contribution is 2.37. The molecule has 1 aromatic heterocycles. The number of alkyl halides is 2. The molecule has 0 aliphatic rings. The van der Waals surface area contributed by atoms with Crippen molar-refractivity contribution in [2.75, 3.05) is 17.2 Å². The molecule has 0 saturated carbocycles. The van der Waals surface area contributed by atoms with Crippen LogP contribution in [0.5, 0.6) is 5.75 Å². The largest absolute Gasteiger partial charge is 0.487 e. The van der Waals surface area contributed by atoms with Crippen molar-refractivity contribution in [2.24, 2.45) is 7.05 Å². The van der Waals surface area contributed by atoms with Crippen LogP contribution < -0.4 is 20.7 Å². The van der Waals surface area contributed by atoms with Crippen molar-refractivity contribution in [1.82, 2.24) is 14.9 Å². The van der Waals surface area contributed by atoms with E-state index in [0.717, 1.165) is 6.07 Å². The molecular formula is C28H23Cl3F3N5O3. The van der Waals surface area contributed by atoms with Crippen LogP contribution in [-0.4, -0.2) is 34.4 Å². The molecule has 0 spiro atoms. The number of fused-ring (bicyclic) bond motifs is 1. The second-order valence-corrected chi connectivity index (χ2v) is 10.3. The molecule has 0 aliphatic heterocycles. The molecule has 0 aliphatic carbocycles. The monoisotopic (exact) mass is 639 g/mol. The van der Waals surface area contributed by atoms with Crippen LogP contribution in [0.4, 0.5) is 30.5 Å². The van der Waals surface area contributed by atoms with Gasteiger partial charge < -0.3 is 25.3 Å². The number of rotatable bonds is 10. The molecule has 0 atom stereocenters. The molecule has 8 nitrogen and oxygen atoms in total. The van der Waals surface area contributed by atoms with E-state index in [-0.39, 0.29) is 50.5 Å². The zero-order chi connectivity index (χ0) is 30.7. The summed E-state index contributed by atoms with van der Waals surface area (Å²) >= 11 is 18.8. The average Bonchev–Trinajstić information content (AvgIpc) is 3.24. The van der Waals surface area contributed by atoms with Gasteiger partial charge in [0, 0.05) is 30.9 Å². The Hall–Kier alpha value is -3.93. The van der Waals surface area contributed by atoms with E-state index < -0.39 is 24.8 Å². The Labute approximate surface area is 253 Å². The normalized spacial score (nSPS) is 11.1. The van der Waals surface area contributed by atoms with Crippen LogP contribution in [0.15, 0.2) is 54.6 Å². The van der Waals surface area contributed by atoms with Crippen LogP contribution in [0, 0.1) is 5.82 Å². The molecular weight excluding hydrogens is 618 g/mol. The lowest BCUT2D eigenvalue weighted by atomic mass is 10.1. The van der Waals surface area contributed by atoms with E-state index in [1.54, 1.807) is 30.7 Å². The Balaban J connectivity index is 1.70. The molecule has 2 amide bonds. The third-order valence-corrected chi connectivity index (χ3v) is 7.04. The SMILES string of the molecule is C=C(C)C(=O)NCc1ccc(Cl)c(Nc2nc3cc(C(=O)Nc4ccc(F)c(Cl)c4)c(OCC(F)F)cc3n2C)c1Cl. The highest BCUT2D eigenvalue weighted by molar-refractivity contribution is 6.39. The molecule has 0 saturated heterocycles. The highest BCUT2D eigenvalue weighted by atomic mass is 35.5. The first kappa shape index (κ1) is 31.0. The summed E-state index contributed by atoms with van der Waals surface area (Å²) in [5.74, 6) is -1.61. The number of nitrogens with zero attached hydrogens (tertiary/aromatic N) is 2. The average molecular weight is 641 g/mol. The van der Waals surface area contributed by atoms with Gasteiger partial charge in [0.15, 0.2) is 0 Å². The number of ether oxygens (including phenoxy) is 1. The Morgan fingerprint density at radius 3 is 2.50 bits per heavy atom. The van der Waals surface area contributed by atoms with E-state index in [1.807, 2.05) is 0 Å². The summed E-state index contributed by atoms with van der Waals surface area (Å²) in [5.41, 5.74) is 2.03. The summed E-state index contributed by atoms with van der Waals surface area (Å²) in [6.45, 7) is 4.33. The topological polar surface area (TPSA) is 97.3 Å². The summed E-state index contributed by atoms with van der Waals surface area (Å²) in [6.07, 6.45) is -2.80. The number of hydrogen-bond donors (Lipinski definition) is 3. The Morgan fingerprint density at radius 2 is 1.83 bits per heavy atom. The van der Waals surface area contributed by atoms with Crippen molar-refractivity contribution in [3.05, 3.63) is 86.6 Å². The first-order chi connectivity index (χ1) is 19.8. The maximum atomic E-state index is 13.6. The van der Waals surface area contributed by atoms with Crippen molar-refractivity contribution in [3.63, 3.8) is 0 Å². The minimum Gasteiger partial charge on any atom is -0.487 e. The van der Waals surface area contributed by atoms with Crippen molar-refractivity contribution in [3.8, 4) is 5.75 Å². The van der Waals surface area contributed by atoms with E-state index in [1.165, 1.54) is 24.3 Å². The number of halogens is 6. The van der Waals surface area contributed by atoms with Crippen LogP contribution in [0.1, 0.15) is 22.8 Å². The van der Waals surface area contributed by atoms with Gasteiger partial charge in [0.25, 0.3) is 12.3 Å². The molecule has 14 heteroatoms. The van der Waals surface area contributed by atoms with Gasteiger partial charge in [-0.2, -0.15) is 0 Å². The van der Waals surface area contributed by atoms with Crippen molar-refractivity contribution in [1.29, 1.82) is 0 Å². The number of anilines is 3. The minimum absolute atomic E-state index is 0.0976. The lowest BCUT2D eigenvalue weighted by Crippen LogP contribution is -2.23. The highest BCUT2D eigenvalue weighted by Gasteiger charge is 2.21. The number of amides is 2. The zero-order valence-electron chi connectivity index (χ0n) is 22.1. The van der Waals surface area contributed by atoms with E-state index in [9.17, 15) is 22.8 Å². The van der Waals surface area contributed by atoms with Crippen molar-refractivity contribution >= 4 is 75.0 Å². The van der Waals surface area contributed by atoms with Crippen LogP contribution in [0.2, 0.25) is 15.1 Å². The predicted octanol–water partition coefficient (Wildman–Crippen LogP) is 7.50. The number of hydrogen-bond acceptors (Lipinski definition) is 5. The van der Waals surface area contributed by atoms with Gasteiger partial charge in [0.2, 0.25) is 11.9 Å². The van der Waals surface area contributed by atoms with Gasteiger partial charge in [-0.15, -0.1) is 0 Å². The Bertz CT molecular complexity index is 1710. The van der Waals surface area contributed by atoms with Crippen molar-refractivity contribution in [2.45, 2.75) is 19.9 Å². The third-order valence-electron chi connectivity index (χ3n) is 6.00. The molecule has 0 radical (unpaired) electrons. The van der Waals surface area contributed by atoms with Crippen LogP contribution >= 0.6 is 34.8 Å². The first-order valence-electron chi connectivity index (χ1n) is 12.2. The molecule has 220 valence electrons. The Kier molecular flexibility index (Phi) is 9.55. The van der Waals surface area contributed by atoms with Gasteiger partial charge in [-0.3, -0.25) is 9.59 Å². The number of aromatic nitrogens is 2. The number of benzene rings is 3. The number of imidazole rings is 1. The molecule has 3 N–H and O–H groups in total. The first-order valence-corrected chi connectivity index (χ1v) is 13.3. The number of nitrogens with one attached hydrogen (secondary N) is 3. The van der Waals surface area contributed by atoms with E-state index >= 15 is 0 Å². The number of aryl methyl sites for hydroxylation is 1.